The van der Waals surface area contributed by atoms with Crippen molar-refractivity contribution >= 4 is 17.4 Å². The molecule has 1 aliphatic rings. The van der Waals surface area contributed by atoms with Crippen molar-refractivity contribution in [1.29, 1.82) is 0 Å². The van der Waals surface area contributed by atoms with Gasteiger partial charge in [-0.2, -0.15) is 0 Å². The van der Waals surface area contributed by atoms with Crippen molar-refractivity contribution in [3.05, 3.63) is 29.6 Å². The number of benzene rings is 1. The largest absolute Gasteiger partial charge is 0.374 e. The van der Waals surface area contributed by atoms with Gasteiger partial charge in [0.1, 0.15) is 5.82 Å². The number of amides is 1. The average Bonchev–Trinajstić information content (AvgIpc) is 2.55. The molecule has 0 radical (unpaired) electrons. The first kappa shape index (κ1) is 18.4. The maximum atomic E-state index is 14.0. The van der Waals surface area contributed by atoms with E-state index in [1.54, 1.807) is 19.2 Å². The second-order valence-corrected chi connectivity index (χ2v) is 6.46. The number of ketones is 1. The number of hydrogen-bond donors (Lipinski definition) is 1. The van der Waals surface area contributed by atoms with E-state index in [1.165, 1.54) is 13.0 Å². The van der Waals surface area contributed by atoms with E-state index in [0.717, 1.165) is 32.5 Å². The van der Waals surface area contributed by atoms with Crippen molar-refractivity contribution in [2.45, 2.75) is 19.8 Å². The van der Waals surface area contributed by atoms with Crippen LogP contribution in [0.1, 0.15) is 30.1 Å². The van der Waals surface area contributed by atoms with Crippen LogP contribution in [-0.2, 0) is 4.79 Å². The Kier molecular flexibility index (Phi) is 6.31. The summed E-state index contributed by atoms with van der Waals surface area (Å²) in [4.78, 5) is 27.3. The zero-order valence-electron chi connectivity index (χ0n) is 14.6. The van der Waals surface area contributed by atoms with Gasteiger partial charge in [0.2, 0.25) is 5.91 Å². The lowest BCUT2D eigenvalue weighted by atomic mass is 9.95. The van der Waals surface area contributed by atoms with E-state index in [0.29, 0.717) is 18.2 Å². The predicted octanol–water partition coefficient (Wildman–Crippen LogP) is 1.92. The molecule has 1 N–H and O–H groups in total. The third kappa shape index (κ3) is 4.54. The number of Topliss-reactive ketones (excluding diaryl/α,β-unsaturated/α-hetero) is 1. The van der Waals surface area contributed by atoms with Crippen LogP contribution in [0.25, 0.3) is 0 Å². The molecule has 1 aliphatic heterocycles. The van der Waals surface area contributed by atoms with Crippen LogP contribution in [0, 0.1) is 11.7 Å². The molecule has 1 amide bonds. The van der Waals surface area contributed by atoms with Gasteiger partial charge in [0, 0.05) is 20.6 Å². The van der Waals surface area contributed by atoms with Crippen molar-refractivity contribution in [2.75, 3.05) is 45.2 Å². The van der Waals surface area contributed by atoms with Gasteiger partial charge in [-0.25, -0.2) is 4.39 Å². The molecule has 1 aromatic carbocycles. The predicted molar refractivity (Wildman–Crippen MR) is 92.9 cm³/mol. The van der Waals surface area contributed by atoms with Crippen molar-refractivity contribution in [3.8, 4) is 0 Å². The SMILES string of the molecule is CNC(=O)CN1CCC(CN(C)c2cccc(F)c2C(C)=O)CC1. The van der Waals surface area contributed by atoms with Crippen molar-refractivity contribution in [2.24, 2.45) is 5.92 Å². The highest BCUT2D eigenvalue weighted by Gasteiger charge is 2.23. The summed E-state index contributed by atoms with van der Waals surface area (Å²) >= 11 is 0. The smallest absolute Gasteiger partial charge is 0.233 e. The summed E-state index contributed by atoms with van der Waals surface area (Å²) in [5.74, 6) is -0.210. The molecule has 132 valence electrons. The van der Waals surface area contributed by atoms with Crippen molar-refractivity contribution < 1.29 is 14.0 Å². The van der Waals surface area contributed by atoms with Gasteiger partial charge in [-0.3, -0.25) is 14.5 Å². The molecule has 1 fully saturated rings. The third-order valence-corrected chi connectivity index (χ3v) is 4.64. The van der Waals surface area contributed by atoms with Gasteiger partial charge in [0.15, 0.2) is 5.78 Å². The molecule has 0 unspecified atom stereocenters. The number of carbonyl (C=O) groups excluding carboxylic acids is 2. The number of nitrogens with one attached hydrogen (secondary N) is 1. The number of carbonyl (C=O) groups is 2. The molecular formula is C18H26FN3O2. The number of halogens is 1. The molecule has 0 aromatic heterocycles. The van der Waals surface area contributed by atoms with Gasteiger partial charge < -0.3 is 10.2 Å². The number of likely N-dealkylation sites (tertiary alicyclic amines) is 1. The second kappa shape index (κ2) is 8.24. The lowest BCUT2D eigenvalue weighted by molar-refractivity contribution is -0.122. The van der Waals surface area contributed by atoms with E-state index in [4.69, 9.17) is 0 Å². The summed E-state index contributed by atoms with van der Waals surface area (Å²) in [5.41, 5.74) is 0.812. The topological polar surface area (TPSA) is 52.7 Å². The first-order chi connectivity index (χ1) is 11.4. The standard InChI is InChI=1S/C18H26FN3O2/c1-13(23)18-15(19)5-4-6-16(18)21(3)11-14-7-9-22(10-8-14)12-17(24)20-2/h4-6,14H,7-12H2,1-3H3,(H,20,24). The molecule has 1 heterocycles. The number of hydrogen-bond acceptors (Lipinski definition) is 4. The zero-order valence-corrected chi connectivity index (χ0v) is 14.6. The Morgan fingerprint density at radius 1 is 1.33 bits per heavy atom. The van der Waals surface area contributed by atoms with Gasteiger partial charge in [-0.05, 0) is 50.9 Å². The maximum absolute atomic E-state index is 14.0. The summed E-state index contributed by atoms with van der Waals surface area (Å²) in [6, 6.07) is 4.76. The first-order valence-electron chi connectivity index (χ1n) is 8.36. The first-order valence-corrected chi connectivity index (χ1v) is 8.36. The number of anilines is 1. The van der Waals surface area contributed by atoms with Gasteiger partial charge in [0.25, 0.3) is 0 Å². The summed E-state index contributed by atoms with van der Waals surface area (Å²) in [6.45, 7) is 4.38. The molecule has 0 spiro atoms. The lowest BCUT2D eigenvalue weighted by Crippen LogP contribution is -2.42. The van der Waals surface area contributed by atoms with E-state index < -0.39 is 5.82 Å². The van der Waals surface area contributed by atoms with Crippen LogP contribution >= 0.6 is 0 Å². The molecule has 0 aliphatic carbocycles. The maximum Gasteiger partial charge on any atom is 0.233 e. The highest BCUT2D eigenvalue weighted by molar-refractivity contribution is 6.00. The van der Waals surface area contributed by atoms with E-state index in [1.807, 2.05) is 11.9 Å². The van der Waals surface area contributed by atoms with Gasteiger partial charge in [0.05, 0.1) is 17.8 Å². The minimum absolute atomic E-state index is 0.0384. The van der Waals surface area contributed by atoms with E-state index in [9.17, 15) is 14.0 Å². The van der Waals surface area contributed by atoms with Gasteiger partial charge >= 0.3 is 0 Å². The molecule has 1 aromatic rings. The highest BCUT2D eigenvalue weighted by atomic mass is 19.1. The minimum Gasteiger partial charge on any atom is -0.374 e. The van der Waals surface area contributed by atoms with Crippen LogP contribution in [0.2, 0.25) is 0 Å². The van der Waals surface area contributed by atoms with Crippen LogP contribution < -0.4 is 10.2 Å². The van der Waals surface area contributed by atoms with E-state index in [2.05, 4.69) is 10.2 Å². The number of piperidine rings is 1. The molecule has 5 nitrogen and oxygen atoms in total. The molecule has 24 heavy (non-hydrogen) atoms. The Morgan fingerprint density at radius 2 is 2.00 bits per heavy atom. The molecule has 6 heteroatoms. The van der Waals surface area contributed by atoms with Crippen LogP contribution in [0.4, 0.5) is 10.1 Å². The fourth-order valence-electron chi connectivity index (χ4n) is 3.27. The second-order valence-electron chi connectivity index (χ2n) is 6.46. The van der Waals surface area contributed by atoms with E-state index >= 15 is 0 Å². The van der Waals surface area contributed by atoms with Gasteiger partial charge in [-0.15, -0.1) is 0 Å². The Bertz CT molecular complexity index is 598. The number of likely N-dealkylation sites (N-methyl/N-ethyl adjacent to an activating group) is 1. The molecule has 0 bridgehead atoms. The normalized spacial score (nSPS) is 16.0. The minimum atomic E-state index is -0.466. The summed E-state index contributed by atoms with van der Waals surface area (Å²) < 4.78 is 14.0. The Morgan fingerprint density at radius 3 is 2.58 bits per heavy atom. The number of rotatable bonds is 6. The monoisotopic (exact) mass is 335 g/mol. The van der Waals surface area contributed by atoms with Crippen LogP contribution in [-0.4, -0.2) is 56.9 Å². The molecular weight excluding hydrogens is 309 g/mol. The average molecular weight is 335 g/mol. The van der Waals surface area contributed by atoms with Gasteiger partial charge in [-0.1, -0.05) is 6.07 Å². The molecule has 0 saturated carbocycles. The van der Waals surface area contributed by atoms with Crippen LogP contribution in [0.15, 0.2) is 18.2 Å². The Balaban J connectivity index is 1.95. The lowest BCUT2D eigenvalue weighted by Gasteiger charge is -2.34. The Labute approximate surface area is 142 Å². The molecule has 2 rings (SSSR count). The fourth-order valence-corrected chi connectivity index (χ4v) is 3.27. The molecule has 0 atom stereocenters. The third-order valence-electron chi connectivity index (χ3n) is 4.64. The summed E-state index contributed by atoms with van der Waals surface area (Å²) in [5, 5.41) is 2.64. The van der Waals surface area contributed by atoms with Crippen molar-refractivity contribution in [3.63, 3.8) is 0 Å². The zero-order chi connectivity index (χ0) is 17.7. The van der Waals surface area contributed by atoms with Crippen LogP contribution in [0.5, 0.6) is 0 Å². The highest BCUT2D eigenvalue weighted by Crippen LogP contribution is 2.26. The van der Waals surface area contributed by atoms with Crippen LogP contribution in [0.3, 0.4) is 0 Å². The quantitative estimate of drug-likeness (QED) is 0.807. The fraction of sp³-hybridized carbons (Fsp3) is 0.556. The number of nitrogens with zero attached hydrogens (tertiary/aromatic N) is 2. The molecule has 1 saturated heterocycles. The van der Waals surface area contributed by atoms with E-state index in [-0.39, 0.29) is 17.3 Å². The van der Waals surface area contributed by atoms with Crippen molar-refractivity contribution in [1.82, 2.24) is 10.2 Å². The Hall–Kier alpha value is -1.95. The summed E-state index contributed by atoms with van der Waals surface area (Å²) in [6.07, 6.45) is 1.98. The summed E-state index contributed by atoms with van der Waals surface area (Å²) in [7, 11) is 3.55.